The first kappa shape index (κ1) is 16.8. The Morgan fingerprint density at radius 2 is 1.80 bits per heavy atom. The van der Waals surface area contributed by atoms with Crippen LogP contribution in [0, 0.1) is 0 Å². The molecule has 6 nitrogen and oxygen atoms in total. The average molecular weight is 344 g/mol. The molecule has 25 heavy (non-hydrogen) atoms. The van der Waals surface area contributed by atoms with Crippen molar-refractivity contribution in [2.75, 3.05) is 6.61 Å². The molecule has 1 aliphatic rings. The number of benzene rings is 2. The number of phenols is 4. The minimum absolute atomic E-state index is 0.0702. The fourth-order valence-electron chi connectivity index (χ4n) is 2.63. The molecule has 0 bridgehead atoms. The van der Waals surface area contributed by atoms with Crippen molar-refractivity contribution in [3.8, 4) is 28.7 Å². The van der Waals surface area contributed by atoms with Crippen LogP contribution >= 0.6 is 0 Å². The molecule has 6 heteroatoms. The number of hydrogen-bond donors (Lipinski definition) is 4. The van der Waals surface area contributed by atoms with Gasteiger partial charge in [-0.3, -0.25) is 0 Å². The monoisotopic (exact) mass is 344 g/mol. The van der Waals surface area contributed by atoms with Crippen LogP contribution in [0.5, 0.6) is 28.7 Å². The maximum atomic E-state index is 10.1. The van der Waals surface area contributed by atoms with E-state index < -0.39 is 0 Å². The van der Waals surface area contributed by atoms with Gasteiger partial charge in [-0.1, -0.05) is 13.3 Å². The predicted octanol–water partition coefficient (Wildman–Crippen LogP) is 3.63. The van der Waals surface area contributed by atoms with Gasteiger partial charge in [-0.2, -0.15) is 0 Å². The molecule has 0 unspecified atom stereocenters. The Morgan fingerprint density at radius 1 is 1.00 bits per heavy atom. The molecule has 4 N–H and O–H groups in total. The van der Waals surface area contributed by atoms with Gasteiger partial charge < -0.3 is 29.9 Å². The number of allylic oxidation sites excluding steroid dienone is 1. The number of aromatic hydroxyl groups is 4. The third-order valence-electron chi connectivity index (χ3n) is 3.98. The molecule has 0 saturated carbocycles. The highest BCUT2D eigenvalue weighted by Crippen LogP contribution is 2.42. The van der Waals surface area contributed by atoms with Crippen molar-refractivity contribution in [2.45, 2.75) is 26.2 Å². The number of hydrogen-bond acceptors (Lipinski definition) is 6. The van der Waals surface area contributed by atoms with Crippen molar-refractivity contribution < 1.29 is 29.9 Å². The molecule has 0 radical (unpaired) electrons. The topological polar surface area (TPSA) is 99.4 Å². The molecule has 1 heterocycles. The zero-order valence-electron chi connectivity index (χ0n) is 13.8. The summed E-state index contributed by atoms with van der Waals surface area (Å²) in [7, 11) is 0. The van der Waals surface area contributed by atoms with Gasteiger partial charge in [-0.15, -0.1) is 0 Å². The second kappa shape index (κ2) is 6.84. The Bertz CT molecular complexity index is 825. The van der Waals surface area contributed by atoms with Crippen LogP contribution < -0.4 is 4.74 Å². The highest BCUT2D eigenvalue weighted by atomic mass is 16.5. The molecule has 0 aliphatic carbocycles. The Hall–Kier alpha value is -3.02. The van der Waals surface area contributed by atoms with E-state index in [0.717, 1.165) is 12.8 Å². The van der Waals surface area contributed by atoms with Gasteiger partial charge in [0, 0.05) is 29.7 Å². The van der Waals surface area contributed by atoms with E-state index in [4.69, 9.17) is 9.47 Å². The van der Waals surface area contributed by atoms with Gasteiger partial charge in [0.25, 0.3) is 0 Å². The molecule has 0 amide bonds. The van der Waals surface area contributed by atoms with Crippen LogP contribution in [-0.4, -0.2) is 27.0 Å². The summed E-state index contributed by atoms with van der Waals surface area (Å²) in [5.74, 6) is 0.535. The summed E-state index contributed by atoms with van der Waals surface area (Å²) in [6.07, 6.45) is 2.13. The van der Waals surface area contributed by atoms with E-state index in [1.807, 2.05) is 0 Å². The molecule has 0 atom stereocenters. The van der Waals surface area contributed by atoms with Gasteiger partial charge in [0.2, 0.25) is 0 Å². The van der Waals surface area contributed by atoms with E-state index in [1.165, 1.54) is 24.3 Å². The third-order valence-corrected chi connectivity index (χ3v) is 3.98. The number of ether oxygens (including phenoxy) is 2. The van der Waals surface area contributed by atoms with Gasteiger partial charge in [0.1, 0.15) is 23.0 Å². The quantitative estimate of drug-likeness (QED) is 0.488. The van der Waals surface area contributed by atoms with Crippen LogP contribution in [0.1, 0.15) is 30.9 Å². The van der Waals surface area contributed by atoms with Gasteiger partial charge in [-0.05, 0) is 24.6 Å². The zero-order chi connectivity index (χ0) is 18.0. The Labute approximate surface area is 145 Å². The fraction of sp³-hybridized carbons (Fsp3) is 0.263. The smallest absolute Gasteiger partial charge is 0.172 e. The fourth-order valence-corrected chi connectivity index (χ4v) is 2.63. The highest BCUT2D eigenvalue weighted by Gasteiger charge is 2.26. The van der Waals surface area contributed by atoms with E-state index in [-0.39, 0.29) is 23.0 Å². The Kier molecular flexibility index (Phi) is 4.61. The lowest BCUT2D eigenvalue weighted by Crippen LogP contribution is -2.13. The van der Waals surface area contributed by atoms with Crippen LogP contribution in [0.3, 0.4) is 0 Å². The molecule has 0 saturated heterocycles. The summed E-state index contributed by atoms with van der Waals surface area (Å²) in [4.78, 5) is 0. The first-order valence-corrected chi connectivity index (χ1v) is 8.10. The lowest BCUT2D eigenvalue weighted by Gasteiger charge is -2.24. The summed E-state index contributed by atoms with van der Waals surface area (Å²) in [6, 6.07) is 7.00. The van der Waals surface area contributed by atoms with E-state index >= 15 is 0 Å². The molecule has 0 fully saturated rings. The summed E-state index contributed by atoms with van der Waals surface area (Å²) in [6.45, 7) is 2.55. The van der Waals surface area contributed by atoms with Crippen LogP contribution in [0.2, 0.25) is 0 Å². The first-order valence-electron chi connectivity index (χ1n) is 8.10. The second-order valence-corrected chi connectivity index (χ2v) is 5.88. The van der Waals surface area contributed by atoms with Crippen LogP contribution in [-0.2, 0) is 11.2 Å². The van der Waals surface area contributed by atoms with Crippen molar-refractivity contribution in [1.29, 1.82) is 0 Å². The van der Waals surface area contributed by atoms with Gasteiger partial charge in [-0.25, -0.2) is 0 Å². The molecule has 1 aliphatic heterocycles. The van der Waals surface area contributed by atoms with Crippen LogP contribution in [0.15, 0.2) is 36.1 Å². The molecule has 2 aromatic rings. The number of fused-ring (bicyclic) bond motifs is 1. The number of unbranched alkanes of at least 4 members (excludes halogenated alkanes) is 1. The van der Waals surface area contributed by atoms with Crippen LogP contribution in [0.4, 0.5) is 0 Å². The third kappa shape index (κ3) is 3.42. The van der Waals surface area contributed by atoms with E-state index in [1.54, 1.807) is 6.07 Å². The molecule has 0 aromatic heterocycles. The average Bonchev–Trinajstić information content (AvgIpc) is 2.57. The van der Waals surface area contributed by atoms with E-state index in [0.29, 0.717) is 41.4 Å². The largest absolute Gasteiger partial charge is 0.508 e. The molecule has 0 spiro atoms. The number of phenolic OH excluding ortho intramolecular Hbond substituents is 4. The first-order chi connectivity index (χ1) is 12.0. The minimum Gasteiger partial charge on any atom is -0.508 e. The normalized spacial score (nSPS) is 13.3. The zero-order valence-corrected chi connectivity index (χ0v) is 13.8. The number of rotatable bonds is 5. The maximum Gasteiger partial charge on any atom is 0.172 e. The molecular formula is C19H20O6. The van der Waals surface area contributed by atoms with E-state index in [2.05, 4.69) is 6.92 Å². The Morgan fingerprint density at radius 3 is 2.52 bits per heavy atom. The lowest BCUT2D eigenvalue weighted by atomic mass is 10.0. The van der Waals surface area contributed by atoms with Crippen molar-refractivity contribution >= 4 is 5.76 Å². The summed E-state index contributed by atoms with van der Waals surface area (Å²) >= 11 is 0. The summed E-state index contributed by atoms with van der Waals surface area (Å²) in [5, 5.41) is 39.0. The maximum absolute atomic E-state index is 10.1. The van der Waals surface area contributed by atoms with Gasteiger partial charge in [0.15, 0.2) is 17.3 Å². The molecular weight excluding hydrogens is 324 g/mol. The molecule has 2 aromatic carbocycles. The molecule has 132 valence electrons. The predicted molar refractivity (Wildman–Crippen MR) is 91.7 cm³/mol. The summed E-state index contributed by atoms with van der Waals surface area (Å²) in [5.41, 5.74) is 1.05. The lowest BCUT2D eigenvalue weighted by molar-refractivity contribution is 0.192. The Balaban J connectivity index is 2.03. The minimum atomic E-state index is -0.272. The van der Waals surface area contributed by atoms with Gasteiger partial charge >= 0.3 is 0 Å². The summed E-state index contributed by atoms with van der Waals surface area (Å²) < 4.78 is 11.7. The van der Waals surface area contributed by atoms with E-state index in [9.17, 15) is 20.4 Å². The standard InChI is InChI=1S/C19H20O6/c1-2-3-6-24-18-10-13-15(22)8-12(20)9-17(13)25-19(18)11-4-5-14(21)16(23)7-11/h4-5,7-9,20-23H,2-3,6,10H2,1H3. The van der Waals surface area contributed by atoms with Crippen molar-refractivity contribution in [1.82, 2.24) is 0 Å². The van der Waals surface area contributed by atoms with Gasteiger partial charge in [0.05, 0.1) is 6.61 Å². The second-order valence-electron chi connectivity index (χ2n) is 5.88. The SMILES string of the molecule is CCCCOC1=C(c2ccc(O)c(O)c2)Oc2cc(O)cc(O)c2C1. The highest BCUT2D eigenvalue weighted by molar-refractivity contribution is 5.71. The van der Waals surface area contributed by atoms with Crippen molar-refractivity contribution in [3.05, 3.63) is 47.2 Å². The van der Waals surface area contributed by atoms with Crippen LogP contribution in [0.25, 0.3) is 5.76 Å². The molecule has 3 rings (SSSR count). The van der Waals surface area contributed by atoms with Crippen molar-refractivity contribution in [2.24, 2.45) is 0 Å². The van der Waals surface area contributed by atoms with Crippen molar-refractivity contribution in [3.63, 3.8) is 0 Å².